The first-order chi connectivity index (χ1) is 18.6. The van der Waals surface area contributed by atoms with Crippen molar-refractivity contribution in [1.29, 1.82) is 5.26 Å². The largest absolute Gasteiger partial charge is 0.494 e. The number of rotatable bonds is 7. The molecule has 0 saturated carbocycles. The summed E-state index contributed by atoms with van der Waals surface area (Å²) < 4.78 is 18.1. The molecule has 1 N–H and O–H groups in total. The standard InChI is InChI=1S/C29H32N4O6/c1-29(2,3)39-17-23-31-26(34)24(28(36)33(23)25-21(37-4)11-8-12-22(25)38-5)27(35)32-14-13-19(16-32)20-10-7-6-9-18(20)15-30/h6-12,19,34H,13-14,16-17H2,1-5H3. The number of likely N-dealkylation sites (tertiary alicyclic amines) is 1. The fraction of sp³-hybridized carbons (Fsp3) is 0.379. The smallest absolute Gasteiger partial charge is 0.275 e. The third-order valence-electron chi connectivity index (χ3n) is 6.60. The van der Waals surface area contributed by atoms with Crippen molar-refractivity contribution >= 4 is 5.91 Å². The number of hydrogen-bond acceptors (Lipinski definition) is 8. The number of para-hydroxylation sites is 1. The monoisotopic (exact) mass is 532 g/mol. The zero-order valence-corrected chi connectivity index (χ0v) is 22.7. The average Bonchev–Trinajstić information content (AvgIpc) is 3.41. The Bertz CT molecular complexity index is 1460. The lowest BCUT2D eigenvalue weighted by atomic mass is 9.94. The summed E-state index contributed by atoms with van der Waals surface area (Å²) in [5.41, 5.74) is -0.162. The van der Waals surface area contributed by atoms with E-state index in [9.17, 15) is 20.0 Å². The molecule has 1 fully saturated rings. The summed E-state index contributed by atoms with van der Waals surface area (Å²) in [6.07, 6.45) is 0.616. The molecule has 204 valence electrons. The second kappa shape index (κ2) is 11.2. The fourth-order valence-electron chi connectivity index (χ4n) is 4.71. The van der Waals surface area contributed by atoms with Gasteiger partial charge in [-0.25, -0.2) is 0 Å². The highest BCUT2D eigenvalue weighted by Gasteiger charge is 2.34. The summed E-state index contributed by atoms with van der Waals surface area (Å²) in [7, 11) is 2.91. The highest BCUT2D eigenvalue weighted by Crippen LogP contribution is 2.34. The minimum Gasteiger partial charge on any atom is -0.494 e. The van der Waals surface area contributed by atoms with Gasteiger partial charge in [-0.15, -0.1) is 0 Å². The van der Waals surface area contributed by atoms with Crippen molar-refractivity contribution in [3.05, 3.63) is 75.3 Å². The van der Waals surface area contributed by atoms with Crippen LogP contribution in [-0.2, 0) is 11.3 Å². The minimum absolute atomic E-state index is 0.0732. The molecule has 2 heterocycles. The quantitative estimate of drug-likeness (QED) is 0.487. The molecule has 0 radical (unpaired) electrons. The molecule has 0 spiro atoms. The van der Waals surface area contributed by atoms with E-state index in [0.29, 0.717) is 36.6 Å². The lowest BCUT2D eigenvalue weighted by Gasteiger charge is -2.23. The molecule has 39 heavy (non-hydrogen) atoms. The van der Waals surface area contributed by atoms with Crippen LogP contribution in [0.5, 0.6) is 17.4 Å². The van der Waals surface area contributed by atoms with Crippen molar-refractivity contribution in [2.24, 2.45) is 0 Å². The Morgan fingerprint density at radius 2 is 1.79 bits per heavy atom. The van der Waals surface area contributed by atoms with Gasteiger partial charge in [-0.3, -0.25) is 14.2 Å². The van der Waals surface area contributed by atoms with Crippen molar-refractivity contribution in [3.63, 3.8) is 0 Å². The van der Waals surface area contributed by atoms with Crippen LogP contribution in [0.25, 0.3) is 5.69 Å². The average molecular weight is 533 g/mol. The van der Waals surface area contributed by atoms with Crippen LogP contribution in [0.1, 0.15) is 60.4 Å². The van der Waals surface area contributed by atoms with Gasteiger partial charge in [-0.1, -0.05) is 24.3 Å². The summed E-state index contributed by atoms with van der Waals surface area (Å²) in [6.45, 7) is 6.08. The molecule has 10 nitrogen and oxygen atoms in total. The zero-order valence-electron chi connectivity index (χ0n) is 22.7. The molecular formula is C29H32N4O6. The number of amides is 1. The zero-order chi connectivity index (χ0) is 28.3. The lowest BCUT2D eigenvalue weighted by molar-refractivity contribution is -0.0193. The van der Waals surface area contributed by atoms with E-state index in [1.54, 1.807) is 30.3 Å². The lowest BCUT2D eigenvalue weighted by Crippen LogP contribution is -2.37. The van der Waals surface area contributed by atoms with Crippen LogP contribution in [0.2, 0.25) is 0 Å². The number of ether oxygens (including phenoxy) is 3. The number of carbonyl (C=O) groups excluding carboxylic acids is 1. The summed E-state index contributed by atoms with van der Waals surface area (Å²) >= 11 is 0. The molecule has 1 aromatic heterocycles. The Hall–Kier alpha value is -4.36. The molecule has 1 aliphatic heterocycles. The van der Waals surface area contributed by atoms with Crippen LogP contribution in [0, 0.1) is 11.3 Å². The number of hydrogen-bond donors (Lipinski definition) is 1. The van der Waals surface area contributed by atoms with Gasteiger partial charge in [0.15, 0.2) is 5.56 Å². The van der Waals surface area contributed by atoms with Crippen LogP contribution < -0.4 is 15.0 Å². The van der Waals surface area contributed by atoms with Crippen molar-refractivity contribution in [1.82, 2.24) is 14.5 Å². The van der Waals surface area contributed by atoms with Crippen molar-refractivity contribution in [2.45, 2.75) is 45.3 Å². The van der Waals surface area contributed by atoms with Gasteiger partial charge in [0.1, 0.15) is 29.6 Å². The second-order valence-corrected chi connectivity index (χ2v) is 10.2. The van der Waals surface area contributed by atoms with E-state index in [4.69, 9.17) is 14.2 Å². The van der Waals surface area contributed by atoms with E-state index in [2.05, 4.69) is 11.1 Å². The van der Waals surface area contributed by atoms with E-state index in [0.717, 1.165) is 5.56 Å². The summed E-state index contributed by atoms with van der Waals surface area (Å²) in [5, 5.41) is 20.4. The number of aromatic hydroxyl groups is 1. The second-order valence-electron chi connectivity index (χ2n) is 10.2. The Morgan fingerprint density at radius 3 is 2.41 bits per heavy atom. The maximum absolute atomic E-state index is 14.0. The van der Waals surface area contributed by atoms with Crippen molar-refractivity contribution < 1.29 is 24.1 Å². The van der Waals surface area contributed by atoms with Gasteiger partial charge >= 0.3 is 0 Å². The number of nitriles is 1. The van der Waals surface area contributed by atoms with E-state index in [1.807, 2.05) is 32.9 Å². The predicted octanol–water partition coefficient (Wildman–Crippen LogP) is 3.77. The summed E-state index contributed by atoms with van der Waals surface area (Å²) in [6, 6.07) is 14.5. The van der Waals surface area contributed by atoms with Crippen LogP contribution >= 0.6 is 0 Å². The molecular weight excluding hydrogens is 500 g/mol. The van der Waals surface area contributed by atoms with Gasteiger partial charge in [-0.05, 0) is 51.0 Å². The Kier molecular flexibility index (Phi) is 7.93. The summed E-state index contributed by atoms with van der Waals surface area (Å²) in [5.74, 6) is -0.691. The highest BCUT2D eigenvalue weighted by molar-refractivity contribution is 5.96. The fourth-order valence-corrected chi connectivity index (χ4v) is 4.71. The molecule has 1 saturated heterocycles. The molecule has 0 bridgehead atoms. The predicted molar refractivity (Wildman–Crippen MR) is 144 cm³/mol. The Balaban J connectivity index is 1.81. The molecule has 10 heteroatoms. The highest BCUT2D eigenvalue weighted by atomic mass is 16.5. The maximum Gasteiger partial charge on any atom is 0.275 e. The first kappa shape index (κ1) is 27.7. The molecule has 3 aromatic rings. The summed E-state index contributed by atoms with van der Waals surface area (Å²) in [4.78, 5) is 33.5. The molecule has 1 amide bonds. The van der Waals surface area contributed by atoms with E-state index in [-0.39, 0.29) is 24.0 Å². The number of aromatic nitrogens is 2. The van der Waals surface area contributed by atoms with E-state index >= 15 is 0 Å². The normalized spacial score (nSPS) is 15.2. The van der Waals surface area contributed by atoms with Gasteiger partial charge < -0.3 is 24.2 Å². The van der Waals surface area contributed by atoms with Gasteiger partial charge in [0, 0.05) is 19.0 Å². The third kappa shape index (κ3) is 5.59. The molecule has 4 rings (SSSR count). The van der Waals surface area contributed by atoms with Gasteiger partial charge in [0.25, 0.3) is 11.5 Å². The number of methoxy groups -OCH3 is 2. The SMILES string of the molecule is COc1cccc(OC)c1-n1c(COC(C)(C)C)nc(O)c(C(=O)N2CCC(c3ccccc3C#N)C2)c1=O. The first-order valence-electron chi connectivity index (χ1n) is 12.6. The molecule has 2 aromatic carbocycles. The van der Waals surface area contributed by atoms with Crippen LogP contribution in [-0.4, -0.2) is 58.4 Å². The molecule has 1 atom stereocenters. The molecule has 0 aliphatic carbocycles. The molecule has 1 aliphatic rings. The van der Waals surface area contributed by atoms with Gasteiger partial charge in [0.2, 0.25) is 5.88 Å². The number of carbonyl (C=O) groups is 1. The van der Waals surface area contributed by atoms with Crippen molar-refractivity contribution in [3.8, 4) is 29.1 Å². The maximum atomic E-state index is 14.0. The third-order valence-corrected chi connectivity index (χ3v) is 6.60. The topological polar surface area (TPSA) is 127 Å². The Labute approximate surface area is 227 Å². The van der Waals surface area contributed by atoms with Crippen LogP contribution in [0.15, 0.2) is 47.3 Å². The number of benzene rings is 2. The Morgan fingerprint density at radius 1 is 1.13 bits per heavy atom. The van der Waals surface area contributed by atoms with Gasteiger partial charge in [0.05, 0.1) is 31.5 Å². The van der Waals surface area contributed by atoms with Crippen molar-refractivity contribution in [2.75, 3.05) is 27.3 Å². The van der Waals surface area contributed by atoms with E-state index in [1.165, 1.54) is 23.7 Å². The van der Waals surface area contributed by atoms with Crippen LogP contribution in [0.3, 0.4) is 0 Å². The van der Waals surface area contributed by atoms with E-state index < -0.39 is 28.5 Å². The first-order valence-corrected chi connectivity index (χ1v) is 12.6. The number of nitrogens with zero attached hydrogens (tertiary/aromatic N) is 4. The molecule has 1 unspecified atom stereocenters. The minimum atomic E-state index is -0.774. The van der Waals surface area contributed by atoms with Crippen LogP contribution in [0.4, 0.5) is 0 Å². The van der Waals surface area contributed by atoms with Gasteiger partial charge in [-0.2, -0.15) is 10.2 Å².